The van der Waals surface area contributed by atoms with E-state index in [2.05, 4.69) is 19.9 Å². The van der Waals surface area contributed by atoms with Crippen LogP contribution in [-0.2, 0) is 23.9 Å². The summed E-state index contributed by atoms with van der Waals surface area (Å²) < 4.78 is 14.3. The lowest BCUT2D eigenvalue weighted by atomic mass is 10.2. The first-order valence-corrected chi connectivity index (χ1v) is 11.8. The van der Waals surface area contributed by atoms with E-state index in [0.717, 1.165) is 11.5 Å². The van der Waals surface area contributed by atoms with Crippen LogP contribution in [0.4, 0.5) is 27.8 Å². The summed E-state index contributed by atoms with van der Waals surface area (Å²) in [6, 6.07) is 9.34. The van der Waals surface area contributed by atoms with Gasteiger partial charge in [0.15, 0.2) is 5.00 Å². The molecule has 13 nitrogen and oxygen atoms in total. The molecule has 0 saturated heterocycles. The molecule has 0 fully saturated rings. The average molecular weight is 529 g/mol. The number of hydrogen-bond donors (Lipinski definition) is 1. The van der Waals surface area contributed by atoms with E-state index < -0.39 is 16.9 Å². The molecule has 14 heteroatoms. The number of ether oxygens (including phenoxy) is 2. The van der Waals surface area contributed by atoms with Crippen LogP contribution in [0, 0.1) is 10.1 Å². The van der Waals surface area contributed by atoms with Gasteiger partial charge >= 0.3 is 11.9 Å². The van der Waals surface area contributed by atoms with Crippen LogP contribution in [0.5, 0.6) is 0 Å². The van der Waals surface area contributed by atoms with E-state index in [1.54, 1.807) is 24.3 Å². The van der Waals surface area contributed by atoms with Crippen LogP contribution < -0.4 is 10.2 Å². The number of rotatable bonds is 11. The lowest BCUT2D eigenvalue weighted by Crippen LogP contribution is -2.32. The number of esters is 2. The molecule has 0 aliphatic heterocycles. The third-order valence-corrected chi connectivity index (χ3v) is 5.65. The Morgan fingerprint density at radius 2 is 1.70 bits per heavy atom. The molecule has 0 saturated carbocycles. The lowest BCUT2D eigenvalue weighted by Gasteiger charge is -2.25. The lowest BCUT2D eigenvalue weighted by molar-refractivity contribution is -0.384. The normalized spacial score (nSPS) is 10.9. The Labute approximate surface area is 215 Å². The fourth-order valence-corrected chi connectivity index (χ4v) is 3.95. The van der Waals surface area contributed by atoms with Crippen molar-refractivity contribution in [3.63, 3.8) is 0 Å². The number of nitro benzene ring substituents is 1. The van der Waals surface area contributed by atoms with Gasteiger partial charge in [-0.2, -0.15) is 4.37 Å². The second kappa shape index (κ2) is 12.5. The van der Waals surface area contributed by atoms with Gasteiger partial charge in [0.1, 0.15) is 18.9 Å². The smallest absolute Gasteiger partial charge is 0.302 e. The fraction of sp³-hybridized carbons (Fsp3) is 0.304. The molecule has 3 aromatic rings. The molecule has 0 radical (unpaired) electrons. The maximum absolute atomic E-state index is 11.9. The van der Waals surface area contributed by atoms with E-state index in [0.29, 0.717) is 46.1 Å². The summed E-state index contributed by atoms with van der Waals surface area (Å²) in [6.45, 7) is 4.81. The summed E-state index contributed by atoms with van der Waals surface area (Å²) in [5.74, 6) is -1.18. The first-order chi connectivity index (χ1) is 17.6. The van der Waals surface area contributed by atoms with Gasteiger partial charge in [-0.3, -0.25) is 24.5 Å². The SMILES string of the molecule is CC(=O)Nc1cc(N(CCOC(C)=O)CCOC(C)=O)ccc1N=Nc1snc2ccc([N+](=O)[O-])cc12. The van der Waals surface area contributed by atoms with Gasteiger partial charge in [0.2, 0.25) is 5.91 Å². The minimum atomic E-state index is -0.500. The van der Waals surface area contributed by atoms with Crippen LogP contribution in [0.25, 0.3) is 10.9 Å². The number of azo groups is 1. The molecule has 1 amide bonds. The van der Waals surface area contributed by atoms with Crippen LogP contribution in [-0.4, -0.2) is 53.4 Å². The molecule has 3 rings (SSSR count). The highest BCUT2D eigenvalue weighted by molar-refractivity contribution is 7.11. The van der Waals surface area contributed by atoms with Crippen molar-refractivity contribution in [2.24, 2.45) is 10.2 Å². The summed E-state index contributed by atoms with van der Waals surface area (Å²) in [5.41, 5.74) is 1.82. The van der Waals surface area contributed by atoms with Crippen molar-refractivity contribution in [2.75, 3.05) is 36.5 Å². The number of fused-ring (bicyclic) bond motifs is 1. The first-order valence-electron chi connectivity index (χ1n) is 11.0. The number of hydrogen-bond acceptors (Lipinski definition) is 12. The minimum Gasteiger partial charge on any atom is -0.464 e. The Bertz CT molecular complexity index is 1340. The molecule has 0 spiro atoms. The van der Waals surface area contributed by atoms with E-state index in [1.807, 2.05) is 4.90 Å². The highest BCUT2D eigenvalue weighted by Gasteiger charge is 2.14. The summed E-state index contributed by atoms with van der Waals surface area (Å²) in [7, 11) is 0. The molecule has 0 bridgehead atoms. The highest BCUT2D eigenvalue weighted by atomic mass is 32.1. The van der Waals surface area contributed by atoms with Crippen molar-refractivity contribution in [2.45, 2.75) is 20.8 Å². The van der Waals surface area contributed by atoms with Crippen LogP contribution in [0.3, 0.4) is 0 Å². The van der Waals surface area contributed by atoms with Crippen LogP contribution in [0.1, 0.15) is 20.8 Å². The second-order valence-electron chi connectivity index (χ2n) is 7.70. The number of nitrogens with zero attached hydrogens (tertiary/aromatic N) is 5. The number of benzene rings is 2. The summed E-state index contributed by atoms with van der Waals surface area (Å²) in [6.07, 6.45) is 0. The molecule has 1 heterocycles. The van der Waals surface area contributed by atoms with Gasteiger partial charge in [-0.25, -0.2) is 0 Å². The number of nitro groups is 1. The zero-order chi connectivity index (χ0) is 26.9. The van der Waals surface area contributed by atoms with Crippen molar-refractivity contribution in [3.8, 4) is 0 Å². The standard InChI is InChI=1S/C23H24N6O7S/c1-14(30)24-22-13-17(28(8-10-35-15(2)31)9-11-36-16(3)32)4-7-21(22)25-26-23-19-12-18(29(33)34)5-6-20(19)27-37-23/h4-7,12-13H,8-11H2,1-3H3,(H,24,30). The Kier molecular flexibility index (Phi) is 9.16. The molecule has 37 heavy (non-hydrogen) atoms. The third-order valence-electron chi connectivity index (χ3n) is 4.89. The van der Waals surface area contributed by atoms with Crippen LogP contribution >= 0.6 is 11.5 Å². The molecule has 2 aromatic carbocycles. The number of aromatic nitrogens is 1. The number of amides is 1. The largest absolute Gasteiger partial charge is 0.464 e. The van der Waals surface area contributed by atoms with Gasteiger partial charge in [-0.05, 0) is 35.8 Å². The van der Waals surface area contributed by atoms with Gasteiger partial charge in [0, 0.05) is 44.0 Å². The number of anilines is 2. The minimum absolute atomic E-state index is 0.0879. The van der Waals surface area contributed by atoms with Crippen molar-refractivity contribution < 1.29 is 28.8 Å². The van der Waals surface area contributed by atoms with Crippen molar-refractivity contribution in [1.29, 1.82) is 0 Å². The van der Waals surface area contributed by atoms with Crippen molar-refractivity contribution >= 4 is 68.0 Å². The van der Waals surface area contributed by atoms with Gasteiger partial charge < -0.3 is 19.7 Å². The average Bonchev–Trinajstić information content (AvgIpc) is 3.23. The number of non-ortho nitro benzene ring substituents is 1. The summed E-state index contributed by atoms with van der Waals surface area (Å²) in [5, 5.41) is 23.2. The predicted molar refractivity (Wildman–Crippen MR) is 137 cm³/mol. The Morgan fingerprint density at radius 1 is 1.03 bits per heavy atom. The Hall–Kier alpha value is -4.46. The maximum Gasteiger partial charge on any atom is 0.302 e. The molecular weight excluding hydrogens is 504 g/mol. The Balaban J connectivity index is 1.91. The molecule has 1 aromatic heterocycles. The maximum atomic E-state index is 11.9. The zero-order valence-corrected chi connectivity index (χ0v) is 21.1. The molecule has 0 unspecified atom stereocenters. The fourth-order valence-electron chi connectivity index (χ4n) is 3.27. The molecule has 194 valence electrons. The van der Waals surface area contributed by atoms with Crippen molar-refractivity contribution in [3.05, 3.63) is 46.5 Å². The van der Waals surface area contributed by atoms with E-state index in [-0.39, 0.29) is 24.8 Å². The molecular formula is C23H24N6O7S. The quantitative estimate of drug-likeness (QED) is 0.163. The second-order valence-corrected chi connectivity index (χ2v) is 8.45. The van der Waals surface area contributed by atoms with Gasteiger partial charge in [-0.1, -0.05) is 0 Å². The monoisotopic (exact) mass is 528 g/mol. The summed E-state index contributed by atoms with van der Waals surface area (Å²) >= 11 is 1.04. The van der Waals surface area contributed by atoms with Gasteiger partial charge in [0.25, 0.3) is 5.69 Å². The number of nitrogens with one attached hydrogen (secondary N) is 1. The van der Waals surface area contributed by atoms with E-state index in [9.17, 15) is 24.5 Å². The van der Waals surface area contributed by atoms with Gasteiger partial charge in [-0.15, -0.1) is 10.2 Å². The first kappa shape index (κ1) is 27.1. The molecule has 0 aliphatic rings. The van der Waals surface area contributed by atoms with Crippen LogP contribution in [0.15, 0.2) is 46.6 Å². The molecule has 0 atom stereocenters. The third kappa shape index (κ3) is 7.76. The molecule has 1 N–H and O–H groups in total. The zero-order valence-electron chi connectivity index (χ0n) is 20.3. The Morgan fingerprint density at radius 3 is 2.30 bits per heavy atom. The van der Waals surface area contributed by atoms with Gasteiger partial charge in [0.05, 0.1) is 29.2 Å². The summed E-state index contributed by atoms with van der Waals surface area (Å²) in [4.78, 5) is 46.7. The van der Waals surface area contributed by atoms with E-state index >= 15 is 0 Å². The van der Waals surface area contributed by atoms with Crippen LogP contribution in [0.2, 0.25) is 0 Å². The number of carbonyl (C=O) groups is 3. The molecule has 0 aliphatic carbocycles. The number of carbonyl (C=O) groups excluding carboxylic acids is 3. The predicted octanol–water partition coefficient (Wildman–Crippen LogP) is 4.51. The topological polar surface area (TPSA) is 166 Å². The van der Waals surface area contributed by atoms with E-state index in [1.165, 1.54) is 32.9 Å². The van der Waals surface area contributed by atoms with E-state index in [4.69, 9.17) is 9.47 Å². The van der Waals surface area contributed by atoms with Crippen molar-refractivity contribution in [1.82, 2.24) is 4.37 Å². The highest BCUT2D eigenvalue weighted by Crippen LogP contribution is 2.36.